The zero-order valence-corrected chi connectivity index (χ0v) is 9.31. The normalized spacial score (nSPS) is 12.9. The van der Waals surface area contributed by atoms with Gasteiger partial charge in [-0.2, -0.15) is 0 Å². The fourth-order valence-corrected chi connectivity index (χ4v) is 1.52. The first-order chi connectivity index (χ1) is 6.63. The fraction of sp³-hybridized carbons (Fsp3) is 0.538. The molecule has 1 atom stereocenters. The number of halogens is 1. The average Bonchev–Trinajstić information content (AvgIpc) is 2.19. The van der Waals surface area contributed by atoms with Crippen LogP contribution in [0.3, 0.4) is 0 Å². The standard InChI is InChI=1S/C13H19F/c1-4-10(2)5-7-12-9-13(14)8-6-11(12)3/h6,8-10H,4-5,7H2,1-3H3. The minimum atomic E-state index is -0.116. The van der Waals surface area contributed by atoms with Gasteiger partial charge in [-0.15, -0.1) is 0 Å². The van der Waals surface area contributed by atoms with E-state index in [0.717, 1.165) is 24.3 Å². The van der Waals surface area contributed by atoms with Gasteiger partial charge in [0.2, 0.25) is 0 Å². The quantitative estimate of drug-likeness (QED) is 0.676. The molecule has 0 aliphatic carbocycles. The summed E-state index contributed by atoms with van der Waals surface area (Å²) >= 11 is 0. The maximum absolute atomic E-state index is 13.0. The Bertz CT molecular complexity index is 291. The predicted octanol–water partition coefficient (Wildman–Crippen LogP) is 4.11. The monoisotopic (exact) mass is 194 g/mol. The molecule has 1 heteroatoms. The average molecular weight is 194 g/mol. The summed E-state index contributed by atoms with van der Waals surface area (Å²) < 4.78 is 13.0. The van der Waals surface area contributed by atoms with Gasteiger partial charge in [-0.25, -0.2) is 4.39 Å². The van der Waals surface area contributed by atoms with Crippen LogP contribution >= 0.6 is 0 Å². The Morgan fingerprint density at radius 2 is 2.07 bits per heavy atom. The number of aryl methyl sites for hydroxylation is 2. The van der Waals surface area contributed by atoms with E-state index in [1.807, 2.05) is 13.0 Å². The second-order valence-electron chi connectivity index (χ2n) is 4.12. The summed E-state index contributed by atoms with van der Waals surface area (Å²) in [6, 6.07) is 5.06. The summed E-state index contributed by atoms with van der Waals surface area (Å²) in [6.45, 7) is 6.49. The van der Waals surface area contributed by atoms with Crippen molar-refractivity contribution in [1.82, 2.24) is 0 Å². The van der Waals surface area contributed by atoms with Crippen molar-refractivity contribution in [2.24, 2.45) is 5.92 Å². The minimum Gasteiger partial charge on any atom is -0.207 e. The van der Waals surface area contributed by atoms with Gasteiger partial charge in [-0.1, -0.05) is 26.3 Å². The molecule has 0 aromatic heterocycles. The molecule has 1 aromatic carbocycles. The van der Waals surface area contributed by atoms with E-state index in [2.05, 4.69) is 13.8 Å². The highest BCUT2D eigenvalue weighted by Crippen LogP contribution is 2.16. The van der Waals surface area contributed by atoms with E-state index in [4.69, 9.17) is 0 Å². The topological polar surface area (TPSA) is 0 Å². The Labute approximate surface area is 86.2 Å². The van der Waals surface area contributed by atoms with Gasteiger partial charge in [-0.05, 0) is 48.9 Å². The third-order valence-electron chi connectivity index (χ3n) is 2.91. The van der Waals surface area contributed by atoms with Crippen LogP contribution < -0.4 is 0 Å². The first-order valence-corrected chi connectivity index (χ1v) is 5.38. The lowest BCUT2D eigenvalue weighted by Gasteiger charge is -2.10. The molecule has 0 N–H and O–H groups in total. The molecule has 0 heterocycles. The lowest BCUT2D eigenvalue weighted by atomic mass is 9.96. The van der Waals surface area contributed by atoms with Crippen LogP contribution in [0.25, 0.3) is 0 Å². The molecule has 0 bridgehead atoms. The van der Waals surface area contributed by atoms with Crippen LogP contribution in [0.2, 0.25) is 0 Å². The van der Waals surface area contributed by atoms with Crippen molar-refractivity contribution in [2.75, 3.05) is 0 Å². The van der Waals surface area contributed by atoms with Crippen LogP contribution in [0.1, 0.15) is 37.8 Å². The van der Waals surface area contributed by atoms with Crippen molar-refractivity contribution in [2.45, 2.75) is 40.0 Å². The van der Waals surface area contributed by atoms with Gasteiger partial charge >= 0.3 is 0 Å². The van der Waals surface area contributed by atoms with E-state index in [1.54, 1.807) is 6.07 Å². The fourth-order valence-electron chi connectivity index (χ4n) is 1.52. The summed E-state index contributed by atoms with van der Waals surface area (Å²) in [4.78, 5) is 0. The van der Waals surface area contributed by atoms with Crippen molar-refractivity contribution in [3.05, 3.63) is 35.1 Å². The maximum Gasteiger partial charge on any atom is 0.123 e. The van der Waals surface area contributed by atoms with Gasteiger partial charge < -0.3 is 0 Å². The molecule has 0 amide bonds. The van der Waals surface area contributed by atoms with Crippen LogP contribution in [0.5, 0.6) is 0 Å². The van der Waals surface area contributed by atoms with Crippen molar-refractivity contribution >= 4 is 0 Å². The number of hydrogen-bond donors (Lipinski definition) is 0. The highest BCUT2D eigenvalue weighted by atomic mass is 19.1. The molecule has 0 spiro atoms. The molecule has 78 valence electrons. The van der Waals surface area contributed by atoms with E-state index < -0.39 is 0 Å². The van der Waals surface area contributed by atoms with E-state index >= 15 is 0 Å². The first-order valence-electron chi connectivity index (χ1n) is 5.38. The molecule has 0 saturated heterocycles. The van der Waals surface area contributed by atoms with Crippen LogP contribution in [0.4, 0.5) is 4.39 Å². The number of benzene rings is 1. The Kier molecular flexibility index (Phi) is 4.12. The van der Waals surface area contributed by atoms with E-state index in [1.165, 1.54) is 18.1 Å². The van der Waals surface area contributed by atoms with Crippen LogP contribution in [-0.2, 0) is 6.42 Å². The van der Waals surface area contributed by atoms with Crippen molar-refractivity contribution in [3.8, 4) is 0 Å². The Morgan fingerprint density at radius 1 is 1.36 bits per heavy atom. The molecule has 0 radical (unpaired) electrons. The van der Waals surface area contributed by atoms with E-state index in [0.29, 0.717) is 0 Å². The molecule has 0 saturated carbocycles. The Hall–Kier alpha value is -0.850. The highest BCUT2D eigenvalue weighted by molar-refractivity contribution is 5.26. The summed E-state index contributed by atoms with van der Waals surface area (Å²) in [6.07, 6.45) is 3.35. The van der Waals surface area contributed by atoms with Crippen LogP contribution in [-0.4, -0.2) is 0 Å². The third-order valence-corrected chi connectivity index (χ3v) is 2.91. The summed E-state index contributed by atoms with van der Waals surface area (Å²) in [5.74, 6) is 0.618. The number of rotatable bonds is 4. The zero-order valence-electron chi connectivity index (χ0n) is 9.31. The molecule has 1 aromatic rings. The molecule has 0 nitrogen and oxygen atoms in total. The molecule has 0 aliphatic rings. The van der Waals surface area contributed by atoms with Crippen LogP contribution in [0, 0.1) is 18.7 Å². The molecule has 14 heavy (non-hydrogen) atoms. The predicted molar refractivity (Wildman–Crippen MR) is 58.9 cm³/mol. The van der Waals surface area contributed by atoms with E-state index in [-0.39, 0.29) is 5.82 Å². The largest absolute Gasteiger partial charge is 0.207 e. The number of hydrogen-bond acceptors (Lipinski definition) is 0. The second kappa shape index (κ2) is 5.14. The lowest BCUT2D eigenvalue weighted by molar-refractivity contribution is 0.514. The molecular formula is C13H19F. The smallest absolute Gasteiger partial charge is 0.123 e. The highest BCUT2D eigenvalue weighted by Gasteiger charge is 2.03. The van der Waals surface area contributed by atoms with Gasteiger partial charge in [-0.3, -0.25) is 0 Å². The van der Waals surface area contributed by atoms with Gasteiger partial charge in [0, 0.05) is 0 Å². The Morgan fingerprint density at radius 3 is 2.71 bits per heavy atom. The second-order valence-corrected chi connectivity index (χ2v) is 4.12. The third kappa shape index (κ3) is 3.13. The summed E-state index contributed by atoms with van der Waals surface area (Å²) in [5, 5.41) is 0. The molecule has 0 fully saturated rings. The Balaban J connectivity index is 2.62. The minimum absolute atomic E-state index is 0.116. The van der Waals surface area contributed by atoms with Crippen LogP contribution in [0.15, 0.2) is 18.2 Å². The van der Waals surface area contributed by atoms with Gasteiger partial charge in [0.05, 0.1) is 0 Å². The molecule has 0 aliphatic heterocycles. The summed E-state index contributed by atoms with van der Waals surface area (Å²) in [5.41, 5.74) is 2.36. The van der Waals surface area contributed by atoms with Crippen molar-refractivity contribution in [3.63, 3.8) is 0 Å². The SMILES string of the molecule is CCC(C)CCc1cc(F)ccc1C. The maximum atomic E-state index is 13.0. The van der Waals surface area contributed by atoms with Gasteiger partial charge in [0.1, 0.15) is 5.82 Å². The lowest BCUT2D eigenvalue weighted by Crippen LogP contribution is -1.97. The molecule has 1 rings (SSSR count). The summed E-state index contributed by atoms with van der Waals surface area (Å²) in [7, 11) is 0. The van der Waals surface area contributed by atoms with Crippen molar-refractivity contribution < 1.29 is 4.39 Å². The molecule has 1 unspecified atom stereocenters. The first kappa shape index (κ1) is 11.2. The molecular weight excluding hydrogens is 175 g/mol. The van der Waals surface area contributed by atoms with E-state index in [9.17, 15) is 4.39 Å². The van der Waals surface area contributed by atoms with Crippen molar-refractivity contribution in [1.29, 1.82) is 0 Å². The zero-order chi connectivity index (χ0) is 10.6. The van der Waals surface area contributed by atoms with Gasteiger partial charge in [0.15, 0.2) is 0 Å². The van der Waals surface area contributed by atoms with Gasteiger partial charge in [0.25, 0.3) is 0 Å².